The number of rotatable bonds is 3. The minimum Gasteiger partial charge on any atom is -0.0993 e. The lowest BCUT2D eigenvalue weighted by Gasteiger charge is -1.85. The molecule has 0 radical (unpaired) electrons. The quantitative estimate of drug-likeness (QED) is 0.523. The maximum Gasteiger partial charge on any atom is -0.0105 e. The highest BCUT2D eigenvalue weighted by atomic mass is 14.4. The summed E-state index contributed by atoms with van der Waals surface area (Å²) in [6.07, 6.45) is 6.89. The number of hydrogen-bond donors (Lipinski definition) is 0. The molecule has 0 aromatic rings. The first-order chi connectivity index (χ1) is 4.77. The van der Waals surface area contributed by atoms with E-state index in [0.717, 1.165) is 18.3 Å². The van der Waals surface area contributed by atoms with E-state index in [9.17, 15) is 0 Å². The van der Waals surface area contributed by atoms with Crippen LogP contribution >= 0.6 is 0 Å². The van der Waals surface area contributed by atoms with Crippen LogP contribution in [0, 0.1) is 11.8 Å². The summed E-state index contributed by atoms with van der Waals surface area (Å²) < 4.78 is 0. The van der Waals surface area contributed by atoms with Crippen LogP contribution in [0.1, 0.15) is 26.7 Å². The van der Waals surface area contributed by atoms with Crippen molar-refractivity contribution >= 4 is 0 Å². The van der Waals surface area contributed by atoms with Crippen LogP contribution < -0.4 is 0 Å². The topological polar surface area (TPSA) is 0 Å². The van der Waals surface area contributed by atoms with Gasteiger partial charge >= 0.3 is 0 Å². The van der Waals surface area contributed by atoms with Crippen molar-refractivity contribution < 1.29 is 0 Å². The minimum atomic E-state index is 0.793. The lowest BCUT2D eigenvalue weighted by atomic mass is 10.2. The Kier molecular flexibility index (Phi) is 2.31. The van der Waals surface area contributed by atoms with Crippen LogP contribution in [0.4, 0.5) is 0 Å². The maximum atomic E-state index is 3.97. The molecule has 0 saturated heterocycles. The van der Waals surface area contributed by atoms with E-state index in [-0.39, 0.29) is 0 Å². The fourth-order valence-electron chi connectivity index (χ4n) is 1.31. The van der Waals surface area contributed by atoms with E-state index in [4.69, 9.17) is 0 Å². The zero-order valence-electron chi connectivity index (χ0n) is 6.93. The molecule has 56 valence electrons. The van der Waals surface area contributed by atoms with Gasteiger partial charge in [0, 0.05) is 0 Å². The SMILES string of the molecule is C=C1C(C)C1CC=CCC. The molecule has 0 aromatic carbocycles. The van der Waals surface area contributed by atoms with Gasteiger partial charge in [0.25, 0.3) is 0 Å². The summed E-state index contributed by atoms with van der Waals surface area (Å²) in [5, 5.41) is 0. The van der Waals surface area contributed by atoms with Gasteiger partial charge in [-0.2, -0.15) is 0 Å². The summed E-state index contributed by atoms with van der Waals surface area (Å²) in [5.74, 6) is 1.60. The second-order valence-corrected chi connectivity index (χ2v) is 3.09. The van der Waals surface area contributed by atoms with E-state index in [1.807, 2.05) is 0 Å². The fourth-order valence-corrected chi connectivity index (χ4v) is 1.31. The van der Waals surface area contributed by atoms with Crippen molar-refractivity contribution in [1.29, 1.82) is 0 Å². The molecule has 0 bridgehead atoms. The van der Waals surface area contributed by atoms with Gasteiger partial charge in [-0.05, 0) is 24.7 Å². The first kappa shape index (κ1) is 7.59. The van der Waals surface area contributed by atoms with Crippen LogP contribution in [-0.2, 0) is 0 Å². The molecule has 0 amide bonds. The third kappa shape index (κ3) is 1.50. The molecule has 0 heteroatoms. The highest BCUT2D eigenvalue weighted by molar-refractivity contribution is 5.25. The first-order valence-electron chi connectivity index (χ1n) is 4.11. The summed E-state index contributed by atoms with van der Waals surface area (Å²) in [6.45, 7) is 8.40. The first-order valence-corrected chi connectivity index (χ1v) is 4.11. The average molecular weight is 136 g/mol. The van der Waals surface area contributed by atoms with E-state index in [1.165, 1.54) is 12.0 Å². The molecule has 2 unspecified atom stereocenters. The van der Waals surface area contributed by atoms with Crippen LogP contribution in [0.15, 0.2) is 24.3 Å². The van der Waals surface area contributed by atoms with Crippen LogP contribution in [0.25, 0.3) is 0 Å². The highest BCUT2D eigenvalue weighted by Gasteiger charge is 2.36. The van der Waals surface area contributed by atoms with Gasteiger partial charge in [-0.1, -0.05) is 38.2 Å². The van der Waals surface area contributed by atoms with Crippen molar-refractivity contribution in [2.75, 3.05) is 0 Å². The molecular weight excluding hydrogens is 120 g/mol. The third-order valence-corrected chi connectivity index (χ3v) is 2.35. The van der Waals surface area contributed by atoms with Gasteiger partial charge in [0.05, 0.1) is 0 Å². The molecule has 0 aliphatic heterocycles. The summed E-state index contributed by atoms with van der Waals surface area (Å²) in [5.41, 5.74) is 1.45. The van der Waals surface area contributed by atoms with E-state index in [2.05, 4.69) is 32.6 Å². The smallest absolute Gasteiger partial charge is 0.0105 e. The molecule has 2 atom stereocenters. The van der Waals surface area contributed by atoms with Crippen molar-refractivity contribution in [3.63, 3.8) is 0 Å². The van der Waals surface area contributed by atoms with Crippen molar-refractivity contribution in [2.24, 2.45) is 11.8 Å². The van der Waals surface area contributed by atoms with Gasteiger partial charge in [0.2, 0.25) is 0 Å². The van der Waals surface area contributed by atoms with Crippen molar-refractivity contribution in [3.05, 3.63) is 24.3 Å². The zero-order valence-corrected chi connectivity index (χ0v) is 6.93. The molecule has 1 saturated carbocycles. The van der Waals surface area contributed by atoms with E-state index in [1.54, 1.807) is 0 Å². The van der Waals surface area contributed by atoms with Gasteiger partial charge in [-0.15, -0.1) is 0 Å². The summed E-state index contributed by atoms with van der Waals surface area (Å²) in [6, 6.07) is 0. The van der Waals surface area contributed by atoms with Crippen LogP contribution in [0.5, 0.6) is 0 Å². The summed E-state index contributed by atoms with van der Waals surface area (Å²) in [4.78, 5) is 0. The molecule has 10 heavy (non-hydrogen) atoms. The number of allylic oxidation sites excluding steroid dienone is 3. The highest BCUT2D eigenvalue weighted by Crippen LogP contribution is 2.46. The molecule has 0 spiro atoms. The Morgan fingerprint density at radius 2 is 2.10 bits per heavy atom. The number of hydrogen-bond acceptors (Lipinski definition) is 0. The second-order valence-electron chi connectivity index (χ2n) is 3.09. The predicted octanol–water partition coefficient (Wildman–Crippen LogP) is 3.16. The molecule has 1 aliphatic rings. The minimum absolute atomic E-state index is 0.793. The lowest BCUT2D eigenvalue weighted by Crippen LogP contribution is -1.72. The van der Waals surface area contributed by atoms with E-state index >= 15 is 0 Å². The Labute approximate surface area is 63.6 Å². The van der Waals surface area contributed by atoms with Gasteiger partial charge in [-0.3, -0.25) is 0 Å². The molecule has 0 aromatic heterocycles. The van der Waals surface area contributed by atoms with Crippen molar-refractivity contribution in [3.8, 4) is 0 Å². The largest absolute Gasteiger partial charge is 0.0993 e. The molecule has 1 fully saturated rings. The van der Waals surface area contributed by atoms with Gasteiger partial charge < -0.3 is 0 Å². The zero-order chi connectivity index (χ0) is 7.56. The van der Waals surface area contributed by atoms with Crippen LogP contribution in [0.2, 0.25) is 0 Å². The predicted molar refractivity (Wildman–Crippen MR) is 45.8 cm³/mol. The van der Waals surface area contributed by atoms with Crippen molar-refractivity contribution in [2.45, 2.75) is 26.7 Å². The monoisotopic (exact) mass is 136 g/mol. The molecule has 0 heterocycles. The fraction of sp³-hybridized carbons (Fsp3) is 0.600. The maximum absolute atomic E-state index is 3.97. The Morgan fingerprint density at radius 1 is 1.50 bits per heavy atom. The standard InChI is InChI=1S/C10H16/c1-4-5-6-7-10-8(2)9(10)3/h5-6,9-10H,2,4,7H2,1,3H3. The van der Waals surface area contributed by atoms with Gasteiger partial charge in [0.1, 0.15) is 0 Å². The molecule has 1 rings (SSSR count). The Balaban J connectivity index is 2.17. The average Bonchev–Trinajstić information content (AvgIpc) is 2.46. The molecule has 0 N–H and O–H groups in total. The molecule has 1 aliphatic carbocycles. The van der Waals surface area contributed by atoms with Crippen LogP contribution in [-0.4, -0.2) is 0 Å². The van der Waals surface area contributed by atoms with Gasteiger partial charge in [0.15, 0.2) is 0 Å². The van der Waals surface area contributed by atoms with E-state index < -0.39 is 0 Å². The van der Waals surface area contributed by atoms with Crippen LogP contribution in [0.3, 0.4) is 0 Å². The Bertz CT molecular complexity index is 153. The lowest BCUT2D eigenvalue weighted by molar-refractivity contribution is 0.766. The molecule has 0 nitrogen and oxygen atoms in total. The third-order valence-electron chi connectivity index (χ3n) is 2.35. The van der Waals surface area contributed by atoms with Gasteiger partial charge in [-0.25, -0.2) is 0 Å². The van der Waals surface area contributed by atoms with E-state index in [0.29, 0.717) is 0 Å². The second kappa shape index (κ2) is 3.05. The van der Waals surface area contributed by atoms with Crippen molar-refractivity contribution in [1.82, 2.24) is 0 Å². The molecular formula is C10H16. The Hall–Kier alpha value is -0.520. The summed E-state index contributed by atoms with van der Waals surface area (Å²) >= 11 is 0. The Morgan fingerprint density at radius 3 is 2.50 bits per heavy atom. The summed E-state index contributed by atoms with van der Waals surface area (Å²) in [7, 11) is 0. The normalized spacial score (nSPS) is 31.6.